The maximum atomic E-state index is 12.6. The van der Waals surface area contributed by atoms with Gasteiger partial charge in [-0.2, -0.15) is 0 Å². The molecule has 0 saturated carbocycles. The highest BCUT2D eigenvalue weighted by molar-refractivity contribution is 7.07. The smallest absolute Gasteiger partial charge is 0.257 e. The van der Waals surface area contributed by atoms with Crippen LogP contribution in [0, 0.1) is 0 Å². The molecule has 0 radical (unpaired) electrons. The van der Waals surface area contributed by atoms with Crippen LogP contribution in [0.4, 0.5) is 0 Å². The fourth-order valence-corrected chi connectivity index (χ4v) is 3.80. The summed E-state index contributed by atoms with van der Waals surface area (Å²) in [5.41, 5.74) is 3.73. The minimum atomic E-state index is -0.135. The maximum absolute atomic E-state index is 12.6. The van der Waals surface area contributed by atoms with Crippen LogP contribution in [0.5, 0.6) is 5.75 Å². The Morgan fingerprint density at radius 2 is 2.10 bits per heavy atom. The molecular formula is C21H21N3O4S. The Labute approximate surface area is 172 Å². The average Bonchev–Trinajstić information content (AvgIpc) is 3.47. The number of carbonyl (C=O) groups is 2. The molecule has 0 bridgehead atoms. The number of benzene rings is 1. The Morgan fingerprint density at radius 3 is 2.83 bits per heavy atom. The van der Waals surface area contributed by atoms with Gasteiger partial charge in [-0.1, -0.05) is 6.07 Å². The summed E-state index contributed by atoms with van der Waals surface area (Å²) in [6, 6.07) is 8.83. The molecule has 0 atom stereocenters. The number of furan rings is 1. The highest BCUT2D eigenvalue weighted by atomic mass is 32.1. The summed E-state index contributed by atoms with van der Waals surface area (Å²) >= 11 is 1.52. The minimum Gasteiger partial charge on any atom is -0.487 e. The molecule has 1 fully saturated rings. The highest BCUT2D eigenvalue weighted by Crippen LogP contribution is 2.18. The number of ether oxygens (including phenoxy) is 1. The molecule has 0 aliphatic carbocycles. The van der Waals surface area contributed by atoms with Gasteiger partial charge in [0.1, 0.15) is 18.6 Å². The second kappa shape index (κ2) is 8.91. The molecule has 8 heteroatoms. The number of nitrogens with one attached hydrogen (secondary N) is 1. The summed E-state index contributed by atoms with van der Waals surface area (Å²) < 4.78 is 10.7. The Hall–Kier alpha value is -3.13. The lowest BCUT2D eigenvalue weighted by Gasteiger charge is -2.32. The Kier molecular flexibility index (Phi) is 5.90. The number of hydrogen-bond donors (Lipinski definition) is 1. The zero-order valence-electron chi connectivity index (χ0n) is 15.7. The fraction of sp³-hybridized carbons (Fsp3) is 0.286. The van der Waals surface area contributed by atoms with Gasteiger partial charge in [0.2, 0.25) is 0 Å². The number of thiazole rings is 1. The topological polar surface area (TPSA) is 84.7 Å². The summed E-state index contributed by atoms with van der Waals surface area (Å²) in [6.07, 6.45) is 4.39. The molecule has 150 valence electrons. The number of nitrogens with zero attached hydrogens (tertiary/aromatic N) is 2. The largest absolute Gasteiger partial charge is 0.487 e. The van der Waals surface area contributed by atoms with E-state index in [-0.39, 0.29) is 17.9 Å². The molecule has 1 N–H and O–H groups in total. The fourth-order valence-electron chi connectivity index (χ4n) is 3.26. The second-order valence-electron chi connectivity index (χ2n) is 6.85. The first-order valence-electron chi connectivity index (χ1n) is 9.41. The highest BCUT2D eigenvalue weighted by Gasteiger charge is 2.25. The monoisotopic (exact) mass is 411 g/mol. The number of aromatic nitrogens is 1. The van der Waals surface area contributed by atoms with Gasteiger partial charge in [-0.15, -0.1) is 11.3 Å². The standard InChI is InChI=1S/C21H21N3O4S/c25-20(15-2-1-3-19(10-15)28-12-18-13-29-14-22-18)23-17-4-7-24(8-5-17)21(26)16-6-9-27-11-16/h1-3,6,9-11,13-14,17H,4-5,7-8,12H2,(H,23,25). The predicted molar refractivity (Wildman–Crippen MR) is 108 cm³/mol. The van der Waals surface area contributed by atoms with Gasteiger partial charge < -0.3 is 19.4 Å². The number of hydrogen-bond acceptors (Lipinski definition) is 6. The van der Waals surface area contributed by atoms with Crippen LogP contribution in [0.2, 0.25) is 0 Å². The summed E-state index contributed by atoms with van der Waals surface area (Å²) in [6.45, 7) is 1.58. The molecular weight excluding hydrogens is 390 g/mol. The van der Waals surface area contributed by atoms with Crippen LogP contribution in [0.1, 0.15) is 39.3 Å². The van der Waals surface area contributed by atoms with E-state index in [0.29, 0.717) is 36.6 Å². The summed E-state index contributed by atoms with van der Waals surface area (Å²) in [5.74, 6) is 0.461. The first-order chi connectivity index (χ1) is 14.2. The van der Waals surface area contributed by atoms with E-state index in [1.165, 1.54) is 23.9 Å². The lowest BCUT2D eigenvalue weighted by Crippen LogP contribution is -2.46. The van der Waals surface area contributed by atoms with Crippen molar-refractivity contribution in [2.45, 2.75) is 25.5 Å². The van der Waals surface area contributed by atoms with Crippen molar-refractivity contribution in [1.82, 2.24) is 15.2 Å². The van der Waals surface area contributed by atoms with Gasteiger partial charge in [0.25, 0.3) is 11.8 Å². The molecule has 1 aliphatic rings. The van der Waals surface area contributed by atoms with Gasteiger partial charge in [-0.3, -0.25) is 9.59 Å². The van der Waals surface area contributed by atoms with Crippen molar-refractivity contribution in [3.05, 3.63) is 70.6 Å². The first kappa shape index (κ1) is 19.2. The normalized spacial score (nSPS) is 14.6. The van der Waals surface area contributed by atoms with E-state index in [1.54, 1.807) is 34.7 Å². The van der Waals surface area contributed by atoms with Crippen molar-refractivity contribution in [3.8, 4) is 5.75 Å². The van der Waals surface area contributed by atoms with E-state index in [4.69, 9.17) is 9.15 Å². The third-order valence-electron chi connectivity index (χ3n) is 4.85. The Morgan fingerprint density at radius 1 is 1.24 bits per heavy atom. The van der Waals surface area contributed by atoms with Gasteiger partial charge in [-0.25, -0.2) is 4.98 Å². The van der Waals surface area contributed by atoms with Crippen molar-refractivity contribution >= 4 is 23.2 Å². The van der Waals surface area contributed by atoms with Crippen LogP contribution < -0.4 is 10.1 Å². The Balaban J connectivity index is 1.28. The van der Waals surface area contributed by atoms with E-state index < -0.39 is 0 Å². The Bertz CT molecular complexity index is 948. The first-order valence-corrected chi connectivity index (χ1v) is 10.4. The zero-order valence-corrected chi connectivity index (χ0v) is 16.6. The summed E-state index contributed by atoms with van der Waals surface area (Å²) in [5, 5.41) is 5.00. The molecule has 4 rings (SSSR count). The van der Waals surface area contributed by atoms with Crippen molar-refractivity contribution in [1.29, 1.82) is 0 Å². The van der Waals surface area contributed by atoms with E-state index in [9.17, 15) is 9.59 Å². The molecule has 2 aromatic heterocycles. The SMILES string of the molecule is O=C(NC1CCN(C(=O)c2ccoc2)CC1)c1cccc(OCc2cscn2)c1. The van der Waals surface area contributed by atoms with E-state index in [0.717, 1.165) is 18.5 Å². The molecule has 2 amide bonds. The van der Waals surface area contributed by atoms with Crippen LogP contribution in [0.25, 0.3) is 0 Å². The van der Waals surface area contributed by atoms with Gasteiger partial charge >= 0.3 is 0 Å². The molecule has 29 heavy (non-hydrogen) atoms. The van der Waals surface area contributed by atoms with Crippen LogP contribution >= 0.6 is 11.3 Å². The maximum Gasteiger partial charge on any atom is 0.257 e. The van der Waals surface area contributed by atoms with Crippen LogP contribution in [-0.4, -0.2) is 40.8 Å². The van der Waals surface area contributed by atoms with Crippen molar-refractivity contribution in [2.24, 2.45) is 0 Å². The molecule has 1 aliphatic heterocycles. The molecule has 0 unspecified atom stereocenters. The number of likely N-dealkylation sites (tertiary alicyclic amines) is 1. The predicted octanol–water partition coefficient (Wildman–Crippen LogP) is 3.35. The van der Waals surface area contributed by atoms with Gasteiger partial charge in [0.05, 0.1) is 23.0 Å². The summed E-state index contributed by atoms with van der Waals surface area (Å²) in [7, 11) is 0. The molecule has 0 spiro atoms. The zero-order chi connectivity index (χ0) is 20.1. The second-order valence-corrected chi connectivity index (χ2v) is 7.57. The number of amides is 2. The van der Waals surface area contributed by atoms with Gasteiger partial charge in [-0.05, 0) is 37.1 Å². The number of carbonyl (C=O) groups excluding carboxylic acids is 2. The van der Waals surface area contributed by atoms with Crippen molar-refractivity contribution < 1.29 is 18.7 Å². The quantitative estimate of drug-likeness (QED) is 0.672. The molecule has 3 heterocycles. The minimum absolute atomic E-state index is 0.0338. The van der Waals surface area contributed by atoms with Crippen LogP contribution in [0.15, 0.2) is 58.2 Å². The van der Waals surface area contributed by atoms with Gasteiger partial charge in [0.15, 0.2) is 0 Å². The average molecular weight is 411 g/mol. The van der Waals surface area contributed by atoms with E-state index in [1.807, 2.05) is 11.4 Å². The molecule has 1 aromatic carbocycles. The van der Waals surface area contributed by atoms with E-state index in [2.05, 4.69) is 10.3 Å². The number of rotatable bonds is 6. The van der Waals surface area contributed by atoms with Gasteiger partial charge in [0, 0.05) is 30.1 Å². The third kappa shape index (κ3) is 4.83. The molecule has 7 nitrogen and oxygen atoms in total. The molecule has 1 saturated heterocycles. The van der Waals surface area contributed by atoms with E-state index >= 15 is 0 Å². The lowest BCUT2D eigenvalue weighted by molar-refractivity contribution is 0.0697. The van der Waals surface area contributed by atoms with Crippen molar-refractivity contribution in [3.63, 3.8) is 0 Å². The van der Waals surface area contributed by atoms with Crippen LogP contribution in [-0.2, 0) is 6.61 Å². The summed E-state index contributed by atoms with van der Waals surface area (Å²) in [4.78, 5) is 31.0. The number of piperidine rings is 1. The van der Waals surface area contributed by atoms with Crippen LogP contribution in [0.3, 0.4) is 0 Å². The molecule has 3 aromatic rings. The third-order valence-corrected chi connectivity index (χ3v) is 5.49. The van der Waals surface area contributed by atoms with Crippen molar-refractivity contribution in [2.75, 3.05) is 13.1 Å². The lowest BCUT2D eigenvalue weighted by atomic mass is 10.0.